The maximum absolute atomic E-state index is 12.2. The van der Waals surface area contributed by atoms with E-state index in [0.29, 0.717) is 0 Å². The number of rotatable bonds is 3. The van der Waals surface area contributed by atoms with Gasteiger partial charge in [0.15, 0.2) is 0 Å². The van der Waals surface area contributed by atoms with Crippen LogP contribution in [0.3, 0.4) is 0 Å². The number of hydrogen-bond donors (Lipinski definition) is 2. The molecule has 1 fully saturated rings. The first-order chi connectivity index (χ1) is 9.20. The molecule has 0 spiro atoms. The van der Waals surface area contributed by atoms with Crippen molar-refractivity contribution in [2.24, 2.45) is 0 Å². The average molecular weight is 313 g/mol. The molecule has 1 aliphatic heterocycles. The smallest absolute Gasteiger partial charge is 0.383 e. The van der Waals surface area contributed by atoms with E-state index in [0.717, 1.165) is 10.5 Å². The van der Waals surface area contributed by atoms with E-state index < -0.39 is 22.7 Å². The van der Waals surface area contributed by atoms with Gasteiger partial charge in [0, 0.05) is 26.2 Å². The van der Waals surface area contributed by atoms with Crippen molar-refractivity contribution in [2.45, 2.75) is 11.1 Å². The first-order valence-corrected chi connectivity index (χ1v) is 7.22. The van der Waals surface area contributed by atoms with E-state index in [-0.39, 0.29) is 36.9 Å². The van der Waals surface area contributed by atoms with Crippen molar-refractivity contribution in [3.8, 4) is 0 Å². The standard InChI is InChI=1S/C9H14F3N5O2S/c10-9(11,12)6-16-1-3-17(4-2-16)20(18,19)7-5-14-15-8(7)13/h5H,1-4,6H2,(H3,13,14,15). The SMILES string of the molecule is Nc1[nH]ncc1S(=O)(=O)N1CCN(CC(F)(F)F)CC1. The quantitative estimate of drug-likeness (QED) is 0.810. The van der Waals surface area contributed by atoms with Crippen LogP contribution in [0.2, 0.25) is 0 Å². The summed E-state index contributed by atoms with van der Waals surface area (Å²) in [6, 6.07) is 0. The number of nitrogens with zero attached hydrogens (tertiary/aromatic N) is 3. The molecule has 0 amide bonds. The highest BCUT2D eigenvalue weighted by atomic mass is 32.2. The van der Waals surface area contributed by atoms with Crippen LogP contribution < -0.4 is 5.73 Å². The monoisotopic (exact) mass is 313 g/mol. The molecule has 1 aliphatic rings. The van der Waals surface area contributed by atoms with Gasteiger partial charge in [-0.3, -0.25) is 10.00 Å². The van der Waals surface area contributed by atoms with Crippen LogP contribution in [0.25, 0.3) is 0 Å². The number of hydrogen-bond acceptors (Lipinski definition) is 5. The van der Waals surface area contributed by atoms with Gasteiger partial charge < -0.3 is 5.73 Å². The number of H-pyrrole nitrogens is 1. The fourth-order valence-corrected chi connectivity index (χ4v) is 3.44. The molecule has 0 radical (unpaired) electrons. The van der Waals surface area contributed by atoms with E-state index in [9.17, 15) is 21.6 Å². The van der Waals surface area contributed by atoms with Crippen molar-refractivity contribution < 1.29 is 21.6 Å². The van der Waals surface area contributed by atoms with Crippen LogP contribution in [0.5, 0.6) is 0 Å². The minimum atomic E-state index is -4.28. The summed E-state index contributed by atoms with van der Waals surface area (Å²) in [6.45, 7) is -1.01. The molecule has 3 N–H and O–H groups in total. The van der Waals surface area contributed by atoms with Crippen LogP contribution >= 0.6 is 0 Å². The largest absolute Gasteiger partial charge is 0.401 e. The molecule has 11 heteroatoms. The summed E-state index contributed by atoms with van der Waals surface area (Å²) in [7, 11) is -3.81. The van der Waals surface area contributed by atoms with Crippen LogP contribution in [0.15, 0.2) is 11.1 Å². The molecule has 0 bridgehead atoms. The molecule has 0 atom stereocenters. The summed E-state index contributed by atoms with van der Waals surface area (Å²) in [5, 5.41) is 5.85. The van der Waals surface area contributed by atoms with Crippen LogP contribution in [-0.2, 0) is 10.0 Å². The number of nitrogen functional groups attached to an aromatic ring is 1. The number of sulfonamides is 1. The Morgan fingerprint density at radius 3 is 2.35 bits per heavy atom. The lowest BCUT2D eigenvalue weighted by atomic mass is 10.3. The highest BCUT2D eigenvalue weighted by molar-refractivity contribution is 7.89. The van der Waals surface area contributed by atoms with E-state index in [2.05, 4.69) is 10.2 Å². The van der Waals surface area contributed by atoms with E-state index in [1.54, 1.807) is 0 Å². The Balaban J connectivity index is 2.02. The Morgan fingerprint density at radius 2 is 1.90 bits per heavy atom. The average Bonchev–Trinajstić information content (AvgIpc) is 2.74. The molecule has 2 heterocycles. The van der Waals surface area contributed by atoms with E-state index in [4.69, 9.17) is 5.73 Å². The van der Waals surface area contributed by atoms with Gasteiger partial charge >= 0.3 is 6.18 Å². The zero-order valence-electron chi connectivity index (χ0n) is 10.4. The number of alkyl halides is 3. The second-order valence-electron chi connectivity index (χ2n) is 4.44. The number of anilines is 1. The van der Waals surface area contributed by atoms with Gasteiger partial charge in [-0.25, -0.2) is 8.42 Å². The first-order valence-electron chi connectivity index (χ1n) is 5.78. The molecule has 0 saturated carbocycles. The van der Waals surface area contributed by atoms with Gasteiger partial charge in [-0.1, -0.05) is 0 Å². The van der Waals surface area contributed by atoms with Crippen molar-refractivity contribution in [2.75, 3.05) is 38.5 Å². The third-order valence-electron chi connectivity index (χ3n) is 2.98. The molecule has 2 rings (SSSR count). The Kier molecular flexibility index (Phi) is 3.93. The second-order valence-corrected chi connectivity index (χ2v) is 6.35. The normalized spacial score (nSPS) is 19.4. The third kappa shape index (κ3) is 3.22. The van der Waals surface area contributed by atoms with Crippen molar-refractivity contribution >= 4 is 15.8 Å². The van der Waals surface area contributed by atoms with Crippen LogP contribution in [0, 0.1) is 0 Å². The van der Waals surface area contributed by atoms with Gasteiger partial charge in [-0.15, -0.1) is 0 Å². The van der Waals surface area contributed by atoms with E-state index >= 15 is 0 Å². The van der Waals surface area contributed by atoms with Crippen molar-refractivity contribution in [3.63, 3.8) is 0 Å². The number of nitrogens with one attached hydrogen (secondary N) is 1. The van der Waals surface area contributed by atoms with Crippen LogP contribution in [0.4, 0.5) is 19.0 Å². The van der Waals surface area contributed by atoms with Gasteiger partial charge in [0.1, 0.15) is 10.7 Å². The van der Waals surface area contributed by atoms with Gasteiger partial charge in [0.25, 0.3) is 0 Å². The Labute approximate surface area is 113 Å². The van der Waals surface area contributed by atoms with Gasteiger partial charge in [-0.05, 0) is 0 Å². The summed E-state index contributed by atoms with van der Waals surface area (Å²) in [5.74, 6) is -0.0808. The molecule has 7 nitrogen and oxygen atoms in total. The molecule has 0 aromatic carbocycles. The van der Waals surface area contributed by atoms with Crippen LogP contribution in [0.1, 0.15) is 0 Å². The fraction of sp³-hybridized carbons (Fsp3) is 0.667. The minimum Gasteiger partial charge on any atom is -0.383 e. The van der Waals surface area contributed by atoms with E-state index in [1.807, 2.05) is 0 Å². The minimum absolute atomic E-state index is 0.0109. The fourth-order valence-electron chi connectivity index (χ4n) is 2.01. The van der Waals surface area contributed by atoms with Crippen molar-refractivity contribution in [1.29, 1.82) is 0 Å². The maximum atomic E-state index is 12.2. The molecular formula is C9H14F3N5O2S. The number of halogens is 3. The van der Waals surface area contributed by atoms with Crippen molar-refractivity contribution in [1.82, 2.24) is 19.4 Å². The molecule has 1 aromatic rings. The summed E-state index contributed by atoms with van der Waals surface area (Å²) in [4.78, 5) is 1.02. The van der Waals surface area contributed by atoms with Gasteiger partial charge in [0.05, 0.1) is 12.7 Å². The number of piperazine rings is 1. The Hall–Kier alpha value is -1.33. The summed E-state index contributed by atoms with van der Waals surface area (Å²) in [6.07, 6.45) is -3.19. The lowest BCUT2D eigenvalue weighted by Gasteiger charge is -2.33. The summed E-state index contributed by atoms with van der Waals surface area (Å²) >= 11 is 0. The highest BCUT2D eigenvalue weighted by Crippen LogP contribution is 2.22. The van der Waals surface area contributed by atoms with Gasteiger partial charge in [-0.2, -0.15) is 22.6 Å². The zero-order chi connectivity index (χ0) is 15.0. The van der Waals surface area contributed by atoms with Crippen molar-refractivity contribution in [3.05, 3.63) is 6.20 Å². The highest BCUT2D eigenvalue weighted by Gasteiger charge is 2.35. The number of nitrogens with two attached hydrogens (primary N) is 1. The molecule has 114 valence electrons. The number of aromatic amines is 1. The summed E-state index contributed by atoms with van der Waals surface area (Å²) in [5.41, 5.74) is 5.46. The molecule has 0 aliphatic carbocycles. The topological polar surface area (TPSA) is 95.3 Å². The predicted molar refractivity (Wildman–Crippen MR) is 64.3 cm³/mol. The predicted octanol–water partition coefficient (Wildman–Crippen LogP) is -0.140. The maximum Gasteiger partial charge on any atom is 0.401 e. The molecule has 20 heavy (non-hydrogen) atoms. The lowest BCUT2D eigenvalue weighted by molar-refractivity contribution is -0.148. The Bertz CT molecular complexity index is 562. The second kappa shape index (κ2) is 5.22. The van der Waals surface area contributed by atoms with E-state index in [1.165, 1.54) is 4.90 Å². The van der Waals surface area contributed by atoms with Gasteiger partial charge in [0.2, 0.25) is 10.0 Å². The molecular weight excluding hydrogens is 299 g/mol. The lowest BCUT2D eigenvalue weighted by Crippen LogP contribution is -2.50. The zero-order valence-corrected chi connectivity index (χ0v) is 11.2. The molecule has 1 aromatic heterocycles. The molecule has 0 unspecified atom stereocenters. The summed E-state index contributed by atoms with van der Waals surface area (Å²) < 4.78 is 62.3. The third-order valence-corrected chi connectivity index (χ3v) is 4.91. The molecule has 1 saturated heterocycles. The first kappa shape index (κ1) is 15.1. The Morgan fingerprint density at radius 1 is 1.30 bits per heavy atom. The van der Waals surface area contributed by atoms with Crippen LogP contribution in [-0.4, -0.2) is 66.7 Å². The number of aromatic nitrogens is 2.